The van der Waals surface area contributed by atoms with Crippen molar-refractivity contribution in [1.82, 2.24) is 4.90 Å². The van der Waals surface area contributed by atoms with Crippen LogP contribution < -0.4 is 4.90 Å². The Morgan fingerprint density at radius 1 is 1.29 bits per heavy atom. The average Bonchev–Trinajstić information content (AvgIpc) is 2.54. The van der Waals surface area contributed by atoms with Crippen LogP contribution in [0.5, 0.6) is 0 Å². The van der Waals surface area contributed by atoms with E-state index in [4.69, 9.17) is 4.74 Å². The van der Waals surface area contributed by atoms with Crippen molar-refractivity contribution in [1.29, 1.82) is 0 Å². The van der Waals surface area contributed by atoms with Gasteiger partial charge < -0.3 is 14.5 Å². The lowest BCUT2D eigenvalue weighted by atomic mass is 10.0. The summed E-state index contributed by atoms with van der Waals surface area (Å²) >= 11 is 0. The van der Waals surface area contributed by atoms with Crippen LogP contribution >= 0.6 is 0 Å². The van der Waals surface area contributed by atoms with Crippen molar-refractivity contribution < 1.29 is 13.9 Å². The number of hydrogen-bond donors (Lipinski definition) is 0. The zero-order chi connectivity index (χ0) is 15.5. The first-order valence-electron chi connectivity index (χ1n) is 7.36. The molecule has 1 saturated heterocycles. The summed E-state index contributed by atoms with van der Waals surface area (Å²) in [4.78, 5) is 16.3. The van der Waals surface area contributed by atoms with Gasteiger partial charge in [0.05, 0.1) is 5.69 Å². The largest absolute Gasteiger partial charge is 0.369 e. The lowest BCUT2D eigenvalue weighted by Gasteiger charge is -2.39. The molecular formula is C16H23FN2O2. The predicted octanol–water partition coefficient (Wildman–Crippen LogP) is 2.29. The van der Waals surface area contributed by atoms with Crippen LogP contribution in [0.15, 0.2) is 24.3 Å². The molecule has 0 radical (unpaired) electrons. The van der Waals surface area contributed by atoms with E-state index in [9.17, 15) is 9.18 Å². The summed E-state index contributed by atoms with van der Waals surface area (Å²) in [5, 5.41) is 0. The molecule has 0 aliphatic carbocycles. The summed E-state index contributed by atoms with van der Waals surface area (Å²) in [5.74, 6) is -0.201. The molecule has 1 heterocycles. The van der Waals surface area contributed by atoms with E-state index in [-0.39, 0.29) is 11.7 Å². The van der Waals surface area contributed by atoms with Crippen LogP contribution in [0.25, 0.3) is 0 Å². The van der Waals surface area contributed by atoms with Gasteiger partial charge in [0.2, 0.25) is 0 Å². The molecule has 1 unspecified atom stereocenters. The molecule has 0 bridgehead atoms. The molecule has 2 rings (SSSR count). The van der Waals surface area contributed by atoms with Crippen LogP contribution in [0.4, 0.5) is 10.1 Å². The van der Waals surface area contributed by atoms with Gasteiger partial charge >= 0.3 is 0 Å². The minimum atomic E-state index is -0.764. The average molecular weight is 294 g/mol. The number of rotatable bonds is 4. The zero-order valence-corrected chi connectivity index (χ0v) is 12.9. The molecule has 1 fully saturated rings. The van der Waals surface area contributed by atoms with Crippen molar-refractivity contribution in [3.05, 3.63) is 30.1 Å². The van der Waals surface area contributed by atoms with Gasteiger partial charge in [-0.15, -0.1) is 0 Å². The van der Waals surface area contributed by atoms with Crippen LogP contribution in [0.3, 0.4) is 0 Å². The molecular weight excluding hydrogens is 271 g/mol. The summed E-state index contributed by atoms with van der Waals surface area (Å²) < 4.78 is 19.2. The highest BCUT2D eigenvalue weighted by Gasteiger charge is 2.36. The SMILES string of the molecule is CCC(C)(OC)C(=O)N1CCN(c2ccccc2F)CC1. The highest BCUT2D eigenvalue weighted by molar-refractivity contribution is 5.85. The lowest BCUT2D eigenvalue weighted by molar-refractivity contribution is -0.153. The number of amides is 1. The normalized spacial score (nSPS) is 18.5. The van der Waals surface area contributed by atoms with Gasteiger partial charge in [0.25, 0.3) is 5.91 Å². The molecule has 1 aliphatic heterocycles. The van der Waals surface area contributed by atoms with E-state index in [0.29, 0.717) is 38.3 Å². The van der Waals surface area contributed by atoms with Crippen LogP contribution in [-0.2, 0) is 9.53 Å². The Kier molecular flexibility index (Phi) is 4.83. The highest BCUT2D eigenvalue weighted by Crippen LogP contribution is 2.23. The fraction of sp³-hybridized carbons (Fsp3) is 0.562. The second-order valence-electron chi connectivity index (χ2n) is 5.52. The molecule has 0 spiro atoms. The first kappa shape index (κ1) is 15.8. The van der Waals surface area contributed by atoms with Crippen molar-refractivity contribution in [3.8, 4) is 0 Å². The monoisotopic (exact) mass is 294 g/mol. The second-order valence-corrected chi connectivity index (χ2v) is 5.52. The number of ether oxygens (including phenoxy) is 1. The molecule has 1 amide bonds. The van der Waals surface area contributed by atoms with Gasteiger partial charge in [0.1, 0.15) is 11.4 Å². The number of nitrogens with zero attached hydrogens (tertiary/aromatic N) is 2. The molecule has 0 N–H and O–H groups in total. The molecule has 1 aromatic rings. The maximum atomic E-state index is 13.8. The van der Waals surface area contributed by atoms with Gasteiger partial charge in [-0.1, -0.05) is 19.1 Å². The predicted molar refractivity (Wildman–Crippen MR) is 80.9 cm³/mol. The molecule has 1 atom stereocenters. The Bertz CT molecular complexity index is 495. The van der Waals surface area contributed by atoms with Crippen LogP contribution in [0.2, 0.25) is 0 Å². The van der Waals surface area contributed by atoms with Crippen molar-refractivity contribution >= 4 is 11.6 Å². The summed E-state index contributed by atoms with van der Waals surface area (Å²) in [6.45, 7) is 6.21. The van der Waals surface area contributed by atoms with E-state index >= 15 is 0 Å². The Labute approximate surface area is 125 Å². The number of carbonyl (C=O) groups is 1. The van der Waals surface area contributed by atoms with E-state index in [2.05, 4.69) is 0 Å². The third-order valence-corrected chi connectivity index (χ3v) is 4.34. The Morgan fingerprint density at radius 2 is 1.90 bits per heavy atom. The van der Waals surface area contributed by atoms with Crippen LogP contribution in [0.1, 0.15) is 20.3 Å². The van der Waals surface area contributed by atoms with Crippen molar-refractivity contribution in [2.75, 3.05) is 38.2 Å². The van der Waals surface area contributed by atoms with Gasteiger partial charge in [0.15, 0.2) is 0 Å². The number of halogens is 1. The zero-order valence-electron chi connectivity index (χ0n) is 12.9. The number of benzene rings is 1. The van der Waals surface area contributed by atoms with E-state index < -0.39 is 5.60 Å². The number of carbonyl (C=O) groups excluding carboxylic acids is 1. The quantitative estimate of drug-likeness (QED) is 0.854. The van der Waals surface area contributed by atoms with Gasteiger partial charge in [0, 0.05) is 33.3 Å². The Balaban J connectivity index is 2.01. The molecule has 5 heteroatoms. The van der Waals surface area contributed by atoms with E-state index in [1.54, 1.807) is 19.2 Å². The smallest absolute Gasteiger partial charge is 0.254 e. The number of hydrogen-bond acceptors (Lipinski definition) is 3. The molecule has 1 aromatic carbocycles. The molecule has 4 nitrogen and oxygen atoms in total. The number of anilines is 1. The summed E-state index contributed by atoms with van der Waals surface area (Å²) in [7, 11) is 1.57. The maximum absolute atomic E-state index is 13.8. The van der Waals surface area contributed by atoms with Gasteiger partial charge in [-0.2, -0.15) is 0 Å². The van der Waals surface area contributed by atoms with Crippen LogP contribution in [-0.4, -0.2) is 49.7 Å². The van der Waals surface area contributed by atoms with E-state index in [1.807, 2.05) is 29.7 Å². The molecule has 116 valence electrons. The maximum Gasteiger partial charge on any atom is 0.254 e. The summed E-state index contributed by atoms with van der Waals surface area (Å²) in [6, 6.07) is 6.75. The molecule has 1 aliphatic rings. The molecule has 0 aromatic heterocycles. The van der Waals surface area contributed by atoms with Crippen LogP contribution in [0, 0.1) is 5.82 Å². The van der Waals surface area contributed by atoms with Gasteiger partial charge in [-0.25, -0.2) is 4.39 Å². The lowest BCUT2D eigenvalue weighted by Crippen LogP contribution is -2.55. The summed E-state index contributed by atoms with van der Waals surface area (Å²) in [5.41, 5.74) is -0.158. The second kappa shape index (κ2) is 6.43. The topological polar surface area (TPSA) is 32.8 Å². The Morgan fingerprint density at radius 3 is 2.43 bits per heavy atom. The number of methoxy groups -OCH3 is 1. The van der Waals surface area contributed by atoms with Crippen molar-refractivity contribution in [3.63, 3.8) is 0 Å². The molecule has 0 saturated carbocycles. The fourth-order valence-electron chi connectivity index (χ4n) is 2.58. The standard InChI is InChI=1S/C16H23FN2O2/c1-4-16(2,21-3)15(20)19-11-9-18(10-12-19)14-8-6-5-7-13(14)17/h5-8H,4,9-12H2,1-3H3. The first-order valence-corrected chi connectivity index (χ1v) is 7.36. The van der Waals surface area contributed by atoms with E-state index in [0.717, 1.165) is 0 Å². The van der Waals surface area contributed by atoms with Crippen molar-refractivity contribution in [2.45, 2.75) is 25.9 Å². The third-order valence-electron chi connectivity index (χ3n) is 4.34. The van der Waals surface area contributed by atoms with E-state index in [1.165, 1.54) is 6.07 Å². The third kappa shape index (κ3) is 3.18. The number of para-hydroxylation sites is 1. The minimum Gasteiger partial charge on any atom is -0.369 e. The summed E-state index contributed by atoms with van der Waals surface area (Å²) in [6.07, 6.45) is 0.635. The molecule has 21 heavy (non-hydrogen) atoms. The minimum absolute atomic E-state index is 0.0145. The van der Waals surface area contributed by atoms with Crippen molar-refractivity contribution in [2.24, 2.45) is 0 Å². The number of piperazine rings is 1. The highest BCUT2D eigenvalue weighted by atomic mass is 19.1. The first-order chi connectivity index (χ1) is 10.0. The Hall–Kier alpha value is -1.62. The van der Waals surface area contributed by atoms with Gasteiger partial charge in [-0.3, -0.25) is 4.79 Å². The van der Waals surface area contributed by atoms with Gasteiger partial charge in [-0.05, 0) is 25.5 Å². The fourth-order valence-corrected chi connectivity index (χ4v) is 2.58.